The fourth-order valence-electron chi connectivity index (χ4n) is 3.11. The van der Waals surface area contributed by atoms with Crippen LogP contribution in [-0.4, -0.2) is 42.4 Å². The number of nitrogens with one attached hydrogen (secondary N) is 3. The van der Waals surface area contributed by atoms with E-state index in [1.807, 2.05) is 18.4 Å². The van der Waals surface area contributed by atoms with Gasteiger partial charge in [-0.2, -0.15) is 11.8 Å². The lowest BCUT2D eigenvalue weighted by Gasteiger charge is -2.30. The molecule has 2 aromatic rings. The van der Waals surface area contributed by atoms with E-state index in [2.05, 4.69) is 16.0 Å². The van der Waals surface area contributed by atoms with Crippen LogP contribution in [0.3, 0.4) is 0 Å². The van der Waals surface area contributed by atoms with Gasteiger partial charge in [-0.15, -0.1) is 0 Å². The van der Waals surface area contributed by atoms with Crippen molar-refractivity contribution in [3.8, 4) is 0 Å². The smallest absolute Gasteiger partial charge is 0.323 e. The summed E-state index contributed by atoms with van der Waals surface area (Å²) in [6, 6.07) is 13.1. The van der Waals surface area contributed by atoms with Crippen LogP contribution in [0.2, 0.25) is 5.02 Å². The Hall–Kier alpha value is -2.71. The van der Waals surface area contributed by atoms with Gasteiger partial charge < -0.3 is 16.0 Å². The lowest BCUT2D eigenvalue weighted by Crippen LogP contribution is -2.54. The summed E-state index contributed by atoms with van der Waals surface area (Å²) in [4.78, 5) is 39.0. The second-order valence-corrected chi connectivity index (χ2v) is 8.20. The van der Waals surface area contributed by atoms with Crippen molar-refractivity contribution < 1.29 is 14.4 Å². The van der Waals surface area contributed by atoms with Gasteiger partial charge in [0.2, 0.25) is 11.8 Å². The van der Waals surface area contributed by atoms with Crippen LogP contribution in [0, 0.1) is 0 Å². The number of amides is 4. The molecule has 0 spiro atoms. The molecule has 3 N–H and O–H groups in total. The highest BCUT2D eigenvalue weighted by atomic mass is 35.5. The number of hydrogen-bond donors (Lipinski definition) is 3. The SMILES string of the molecule is CSCC[C@H](NC(=O)N1CC(=O)Nc2ccccc21)C(=O)NCc1cccc(Cl)c1. The molecule has 0 saturated heterocycles. The molecule has 1 atom stereocenters. The first-order chi connectivity index (χ1) is 14.5. The molecule has 158 valence electrons. The monoisotopic (exact) mass is 446 g/mol. The van der Waals surface area contributed by atoms with E-state index < -0.39 is 12.1 Å². The molecular formula is C21H23ClN4O3S. The first kappa shape index (κ1) is 22.0. The highest BCUT2D eigenvalue weighted by Crippen LogP contribution is 2.28. The molecule has 30 heavy (non-hydrogen) atoms. The Kier molecular flexibility index (Phi) is 7.59. The fourth-order valence-corrected chi connectivity index (χ4v) is 3.79. The normalized spacial score (nSPS) is 13.8. The number of benzene rings is 2. The fraction of sp³-hybridized carbons (Fsp3) is 0.286. The summed E-state index contributed by atoms with van der Waals surface area (Å²) in [5.74, 6) is 0.133. The predicted octanol–water partition coefficient (Wildman–Crippen LogP) is 3.25. The van der Waals surface area contributed by atoms with Crippen molar-refractivity contribution >= 4 is 52.6 Å². The average Bonchev–Trinajstić information content (AvgIpc) is 2.74. The van der Waals surface area contributed by atoms with E-state index in [4.69, 9.17) is 11.6 Å². The highest BCUT2D eigenvalue weighted by molar-refractivity contribution is 7.98. The lowest BCUT2D eigenvalue weighted by molar-refractivity contribution is -0.123. The maximum atomic E-state index is 12.9. The summed E-state index contributed by atoms with van der Waals surface area (Å²) in [5, 5.41) is 8.98. The van der Waals surface area contributed by atoms with Gasteiger partial charge in [-0.3, -0.25) is 14.5 Å². The number of nitrogens with zero attached hydrogens (tertiary/aromatic N) is 1. The zero-order valence-corrected chi connectivity index (χ0v) is 18.1. The Morgan fingerprint density at radius 1 is 1.23 bits per heavy atom. The van der Waals surface area contributed by atoms with E-state index in [-0.39, 0.29) is 18.4 Å². The highest BCUT2D eigenvalue weighted by Gasteiger charge is 2.29. The zero-order chi connectivity index (χ0) is 21.5. The molecule has 0 radical (unpaired) electrons. The third-order valence-corrected chi connectivity index (χ3v) is 5.48. The molecule has 0 saturated carbocycles. The number of carbonyl (C=O) groups excluding carboxylic acids is 3. The second-order valence-electron chi connectivity index (χ2n) is 6.78. The van der Waals surface area contributed by atoms with Gasteiger partial charge in [0.1, 0.15) is 12.6 Å². The molecule has 0 fully saturated rings. The number of halogens is 1. The van der Waals surface area contributed by atoms with Crippen LogP contribution < -0.4 is 20.9 Å². The molecule has 0 aromatic heterocycles. The number of rotatable bonds is 7. The van der Waals surface area contributed by atoms with Crippen molar-refractivity contribution in [2.24, 2.45) is 0 Å². The van der Waals surface area contributed by atoms with E-state index in [0.29, 0.717) is 35.1 Å². The Morgan fingerprint density at radius 2 is 2.03 bits per heavy atom. The summed E-state index contributed by atoms with van der Waals surface area (Å²) in [6.07, 6.45) is 2.41. The second kappa shape index (κ2) is 10.4. The number of para-hydroxylation sites is 2. The van der Waals surface area contributed by atoms with Crippen LogP contribution in [-0.2, 0) is 16.1 Å². The molecule has 2 aromatic carbocycles. The molecule has 0 bridgehead atoms. The van der Waals surface area contributed by atoms with Gasteiger partial charge in [-0.05, 0) is 48.3 Å². The molecule has 0 aliphatic carbocycles. The largest absolute Gasteiger partial charge is 0.350 e. The summed E-state index contributed by atoms with van der Waals surface area (Å²) in [5.41, 5.74) is 2.03. The number of anilines is 2. The summed E-state index contributed by atoms with van der Waals surface area (Å²) >= 11 is 7.58. The Bertz CT molecular complexity index is 940. The number of fused-ring (bicyclic) bond motifs is 1. The molecule has 1 aliphatic heterocycles. The van der Waals surface area contributed by atoms with Gasteiger partial charge in [-0.25, -0.2) is 4.79 Å². The molecule has 7 nitrogen and oxygen atoms in total. The van der Waals surface area contributed by atoms with E-state index in [9.17, 15) is 14.4 Å². The quantitative estimate of drug-likeness (QED) is 0.609. The number of thioether (sulfide) groups is 1. The summed E-state index contributed by atoms with van der Waals surface area (Å²) in [7, 11) is 0. The maximum Gasteiger partial charge on any atom is 0.323 e. The minimum atomic E-state index is -0.721. The first-order valence-corrected chi connectivity index (χ1v) is 11.2. The van der Waals surface area contributed by atoms with Gasteiger partial charge in [0.05, 0.1) is 11.4 Å². The number of carbonyl (C=O) groups is 3. The van der Waals surface area contributed by atoms with E-state index >= 15 is 0 Å². The Morgan fingerprint density at radius 3 is 2.80 bits per heavy atom. The van der Waals surface area contributed by atoms with Crippen LogP contribution in [0.1, 0.15) is 12.0 Å². The van der Waals surface area contributed by atoms with Gasteiger partial charge in [-0.1, -0.05) is 35.9 Å². The van der Waals surface area contributed by atoms with E-state index in [0.717, 1.165) is 5.56 Å². The Labute approximate surface area is 184 Å². The van der Waals surface area contributed by atoms with Gasteiger partial charge in [0.25, 0.3) is 0 Å². The average molecular weight is 447 g/mol. The molecule has 9 heteroatoms. The molecular weight excluding hydrogens is 424 g/mol. The molecule has 3 rings (SSSR count). The van der Waals surface area contributed by atoms with Gasteiger partial charge in [0.15, 0.2) is 0 Å². The van der Waals surface area contributed by atoms with Crippen LogP contribution >= 0.6 is 23.4 Å². The third-order valence-electron chi connectivity index (χ3n) is 4.60. The first-order valence-electron chi connectivity index (χ1n) is 9.46. The van der Waals surface area contributed by atoms with Crippen LogP contribution in [0.25, 0.3) is 0 Å². The third kappa shape index (κ3) is 5.67. The Balaban J connectivity index is 1.68. The minimum Gasteiger partial charge on any atom is -0.350 e. The van der Waals surface area contributed by atoms with Crippen molar-refractivity contribution in [2.45, 2.75) is 19.0 Å². The topological polar surface area (TPSA) is 90.5 Å². The number of urea groups is 1. The van der Waals surface area contributed by atoms with E-state index in [1.165, 1.54) is 4.90 Å². The zero-order valence-electron chi connectivity index (χ0n) is 16.5. The van der Waals surface area contributed by atoms with Crippen molar-refractivity contribution in [3.05, 3.63) is 59.1 Å². The lowest BCUT2D eigenvalue weighted by atomic mass is 10.1. The number of hydrogen-bond acceptors (Lipinski definition) is 4. The van der Waals surface area contributed by atoms with Crippen LogP contribution in [0.15, 0.2) is 48.5 Å². The molecule has 1 heterocycles. The van der Waals surface area contributed by atoms with E-state index in [1.54, 1.807) is 48.2 Å². The van der Waals surface area contributed by atoms with Crippen molar-refractivity contribution in [1.29, 1.82) is 0 Å². The molecule has 0 unspecified atom stereocenters. The standard InChI is InChI=1S/C21H23ClN4O3S/c1-30-10-9-17(20(28)23-12-14-5-4-6-15(22)11-14)25-21(29)26-13-19(27)24-16-7-2-3-8-18(16)26/h2-8,11,17H,9-10,12-13H2,1H3,(H,23,28)(H,24,27)(H,25,29)/t17-/m0/s1. The van der Waals surface area contributed by atoms with Gasteiger partial charge >= 0.3 is 6.03 Å². The van der Waals surface area contributed by atoms with Crippen molar-refractivity contribution in [1.82, 2.24) is 10.6 Å². The van der Waals surface area contributed by atoms with Crippen molar-refractivity contribution in [3.63, 3.8) is 0 Å². The van der Waals surface area contributed by atoms with Crippen LogP contribution in [0.4, 0.5) is 16.2 Å². The predicted molar refractivity (Wildman–Crippen MR) is 121 cm³/mol. The minimum absolute atomic E-state index is 0.109. The molecule has 1 aliphatic rings. The van der Waals surface area contributed by atoms with Gasteiger partial charge in [0, 0.05) is 11.6 Å². The molecule has 4 amide bonds. The summed E-state index contributed by atoms with van der Waals surface area (Å²) in [6.45, 7) is 0.197. The van der Waals surface area contributed by atoms with Crippen LogP contribution in [0.5, 0.6) is 0 Å². The summed E-state index contributed by atoms with van der Waals surface area (Å²) < 4.78 is 0. The maximum absolute atomic E-state index is 12.9. The van der Waals surface area contributed by atoms with Crippen molar-refractivity contribution in [2.75, 3.05) is 28.8 Å².